The van der Waals surface area contributed by atoms with Crippen molar-refractivity contribution >= 4 is 0 Å². The van der Waals surface area contributed by atoms with Crippen molar-refractivity contribution in [2.24, 2.45) is 5.73 Å². The van der Waals surface area contributed by atoms with Crippen LogP contribution in [-0.2, 0) is 6.54 Å². The minimum absolute atomic E-state index is 0.483. The molecule has 0 amide bonds. The van der Waals surface area contributed by atoms with Crippen LogP contribution in [0.25, 0.3) is 0 Å². The standard InChI is InChI=1S/C11H18N2O/c1-2-3-4-7-14-11-5-6-13-9-10(11)8-12/h5-6,9H,2-4,7-8,12H2,1H3. The summed E-state index contributed by atoms with van der Waals surface area (Å²) in [6.45, 7) is 3.43. The molecule has 0 spiro atoms. The third-order valence-corrected chi connectivity index (χ3v) is 2.08. The van der Waals surface area contributed by atoms with Gasteiger partial charge in [0.25, 0.3) is 0 Å². The van der Waals surface area contributed by atoms with Gasteiger partial charge in [0.2, 0.25) is 0 Å². The Morgan fingerprint density at radius 3 is 3.00 bits per heavy atom. The van der Waals surface area contributed by atoms with Crippen molar-refractivity contribution in [3.63, 3.8) is 0 Å². The number of aromatic nitrogens is 1. The van der Waals surface area contributed by atoms with E-state index >= 15 is 0 Å². The van der Waals surface area contributed by atoms with E-state index in [1.807, 2.05) is 6.07 Å². The fraction of sp³-hybridized carbons (Fsp3) is 0.545. The highest BCUT2D eigenvalue weighted by atomic mass is 16.5. The summed E-state index contributed by atoms with van der Waals surface area (Å²) in [5.41, 5.74) is 6.54. The zero-order valence-electron chi connectivity index (χ0n) is 8.70. The molecule has 0 aliphatic carbocycles. The van der Waals surface area contributed by atoms with Gasteiger partial charge in [-0.2, -0.15) is 0 Å². The maximum atomic E-state index is 5.61. The lowest BCUT2D eigenvalue weighted by Crippen LogP contribution is -2.04. The molecule has 0 aliphatic rings. The van der Waals surface area contributed by atoms with Crippen LogP contribution in [0, 0.1) is 0 Å². The maximum absolute atomic E-state index is 5.61. The summed E-state index contributed by atoms with van der Waals surface area (Å²) in [5, 5.41) is 0. The molecule has 0 unspecified atom stereocenters. The van der Waals surface area contributed by atoms with Crippen LogP contribution in [0.4, 0.5) is 0 Å². The highest BCUT2D eigenvalue weighted by Crippen LogP contribution is 2.15. The van der Waals surface area contributed by atoms with E-state index in [4.69, 9.17) is 10.5 Å². The number of nitrogens with zero attached hydrogens (tertiary/aromatic N) is 1. The fourth-order valence-corrected chi connectivity index (χ4v) is 1.24. The van der Waals surface area contributed by atoms with Crippen LogP contribution >= 0.6 is 0 Å². The van der Waals surface area contributed by atoms with Crippen molar-refractivity contribution < 1.29 is 4.74 Å². The SMILES string of the molecule is CCCCCOc1ccncc1CN. The van der Waals surface area contributed by atoms with Crippen molar-refractivity contribution in [3.8, 4) is 5.75 Å². The van der Waals surface area contributed by atoms with Gasteiger partial charge in [0.15, 0.2) is 0 Å². The lowest BCUT2D eigenvalue weighted by atomic mass is 10.2. The van der Waals surface area contributed by atoms with E-state index in [1.54, 1.807) is 12.4 Å². The van der Waals surface area contributed by atoms with Gasteiger partial charge in [0.05, 0.1) is 6.61 Å². The Labute approximate surface area is 85.3 Å². The first kappa shape index (κ1) is 11.0. The molecule has 1 aromatic heterocycles. The van der Waals surface area contributed by atoms with E-state index in [0.29, 0.717) is 6.54 Å². The van der Waals surface area contributed by atoms with E-state index in [0.717, 1.165) is 24.3 Å². The summed E-state index contributed by atoms with van der Waals surface area (Å²) < 4.78 is 5.61. The summed E-state index contributed by atoms with van der Waals surface area (Å²) >= 11 is 0. The number of ether oxygens (including phenoxy) is 1. The second-order valence-corrected chi connectivity index (χ2v) is 3.24. The van der Waals surface area contributed by atoms with Gasteiger partial charge in [-0.1, -0.05) is 19.8 Å². The van der Waals surface area contributed by atoms with Crippen molar-refractivity contribution in [3.05, 3.63) is 24.0 Å². The molecule has 0 saturated carbocycles. The summed E-state index contributed by atoms with van der Waals surface area (Å²) in [6, 6.07) is 1.87. The van der Waals surface area contributed by atoms with Crippen molar-refractivity contribution in [2.45, 2.75) is 32.7 Å². The van der Waals surface area contributed by atoms with Gasteiger partial charge in [-0.15, -0.1) is 0 Å². The molecule has 78 valence electrons. The molecule has 0 fully saturated rings. The third-order valence-electron chi connectivity index (χ3n) is 2.08. The number of rotatable bonds is 6. The second-order valence-electron chi connectivity index (χ2n) is 3.24. The molecular formula is C11H18N2O. The van der Waals surface area contributed by atoms with Gasteiger partial charge in [-0.3, -0.25) is 4.98 Å². The van der Waals surface area contributed by atoms with E-state index in [-0.39, 0.29) is 0 Å². The molecule has 0 aromatic carbocycles. The minimum Gasteiger partial charge on any atom is -0.493 e. The van der Waals surface area contributed by atoms with E-state index in [9.17, 15) is 0 Å². The Balaban J connectivity index is 2.41. The molecule has 3 heteroatoms. The first-order valence-electron chi connectivity index (χ1n) is 5.14. The smallest absolute Gasteiger partial charge is 0.126 e. The fourth-order valence-electron chi connectivity index (χ4n) is 1.24. The highest BCUT2D eigenvalue weighted by Gasteiger charge is 2.00. The van der Waals surface area contributed by atoms with Gasteiger partial charge in [0, 0.05) is 24.5 Å². The number of pyridine rings is 1. The van der Waals surface area contributed by atoms with Crippen LogP contribution in [0.15, 0.2) is 18.5 Å². The van der Waals surface area contributed by atoms with Gasteiger partial charge in [0.1, 0.15) is 5.75 Å². The number of hydrogen-bond donors (Lipinski definition) is 1. The first-order valence-corrected chi connectivity index (χ1v) is 5.14. The number of hydrogen-bond acceptors (Lipinski definition) is 3. The van der Waals surface area contributed by atoms with Crippen molar-refractivity contribution in [2.75, 3.05) is 6.61 Å². The summed E-state index contributed by atoms with van der Waals surface area (Å²) in [4.78, 5) is 4.00. The third kappa shape index (κ3) is 3.34. The normalized spacial score (nSPS) is 10.1. The van der Waals surface area contributed by atoms with E-state index < -0.39 is 0 Å². The van der Waals surface area contributed by atoms with Crippen LogP contribution in [0.2, 0.25) is 0 Å². The average molecular weight is 194 g/mol. The maximum Gasteiger partial charge on any atom is 0.126 e. The van der Waals surface area contributed by atoms with Crippen LogP contribution in [0.1, 0.15) is 31.7 Å². The zero-order valence-corrected chi connectivity index (χ0v) is 8.70. The molecule has 1 aromatic rings. The summed E-state index contributed by atoms with van der Waals surface area (Å²) in [5.74, 6) is 0.874. The molecule has 0 saturated heterocycles. The topological polar surface area (TPSA) is 48.1 Å². The lowest BCUT2D eigenvalue weighted by Gasteiger charge is -2.08. The molecule has 3 nitrogen and oxygen atoms in total. The molecular weight excluding hydrogens is 176 g/mol. The van der Waals surface area contributed by atoms with Crippen LogP contribution in [0.3, 0.4) is 0 Å². The van der Waals surface area contributed by atoms with Crippen LogP contribution in [0.5, 0.6) is 5.75 Å². The first-order chi connectivity index (χ1) is 6.88. The van der Waals surface area contributed by atoms with Gasteiger partial charge >= 0.3 is 0 Å². The summed E-state index contributed by atoms with van der Waals surface area (Å²) in [7, 11) is 0. The molecule has 0 aliphatic heterocycles. The molecule has 0 radical (unpaired) electrons. The predicted octanol–water partition coefficient (Wildman–Crippen LogP) is 2.11. The number of unbranched alkanes of at least 4 members (excludes halogenated alkanes) is 2. The van der Waals surface area contributed by atoms with Crippen molar-refractivity contribution in [1.29, 1.82) is 0 Å². The van der Waals surface area contributed by atoms with E-state index in [2.05, 4.69) is 11.9 Å². The molecule has 0 bridgehead atoms. The molecule has 1 rings (SSSR count). The summed E-state index contributed by atoms with van der Waals surface area (Å²) in [6.07, 6.45) is 7.01. The monoisotopic (exact) mass is 194 g/mol. The largest absolute Gasteiger partial charge is 0.493 e. The Morgan fingerprint density at radius 1 is 1.43 bits per heavy atom. The number of nitrogens with two attached hydrogens (primary N) is 1. The predicted molar refractivity (Wildman–Crippen MR) is 57.1 cm³/mol. The molecule has 1 heterocycles. The van der Waals surface area contributed by atoms with Gasteiger partial charge in [-0.25, -0.2) is 0 Å². The minimum atomic E-state index is 0.483. The quantitative estimate of drug-likeness (QED) is 0.705. The highest BCUT2D eigenvalue weighted by molar-refractivity contribution is 5.29. The Kier molecular flexibility index (Phi) is 5.00. The van der Waals surface area contributed by atoms with Crippen LogP contribution in [-0.4, -0.2) is 11.6 Å². The van der Waals surface area contributed by atoms with Gasteiger partial charge in [-0.05, 0) is 12.5 Å². The lowest BCUT2D eigenvalue weighted by molar-refractivity contribution is 0.303. The molecule has 0 atom stereocenters. The molecule has 14 heavy (non-hydrogen) atoms. The van der Waals surface area contributed by atoms with Gasteiger partial charge < -0.3 is 10.5 Å². The van der Waals surface area contributed by atoms with Crippen molar-refractivity contribution in [1.82, 2.24) is 4.98 Å². The Hall–Kier alpha value is -1.09. The average Bonchev–Trinajstić information content (AvgIpc) is 2.25. The van der Waals surface area contributed by atoms with E-state index in [1.165, 1.54) is 12.8 Å². The Morgan fingerprint density at radius 2 is 2.29 bits per heavy atom. The van der Waals surface area contributed by atoms with Crippen LogP contribution < -0.4 is 10.5 Å². The zero-order chi connectivity index (χ0) is 10.2. The second kappa shape index (κ2) is 6.38. The molecule has 2 N–H and O–H groups in total. The Bertz CT molecular complexity index is 263.